The molecule has 0 spiro atoms. The Bertz CT molecular complexity index is 1640. The number of unbranched alkanes of at least 4 members (excludes halogenated alkanes) is 1. The molecule has 0 rings (SSSR count). The fourth-order valence-corrected chi connectivity index (χ4v) is 6.26. The number of thioether (sulfide) groups is 1. The van der Waals surface area contributed by atoms with Gasteiger partial charge in [0.2, 0.25) is 59.1 Å². The van der Waals surface area contributed by atoms with Gasteiger partial charge in [0.1, 0.15) is 42.3 Å². The molecule has 0 radical (unpaired) electrons. The fraction of sp³-hybridized carbons (Fsp3) is 0.718. The molecule has 0 aliphatic rings. The number of nitrogens with one attached hydrogen (secondary N) is 9. The third kappa shape index (κ3) is 24.3. The first-order chi connectivity index (χ1) is 30.5. The van der Waals surface area contributed by atoms with Crippen molar-refractivity contribution >= 4 is 76.8 Å². The summed E-state index contributed by atoms with van der Waals surface area (Å²) in [4.78, 5) is 140. The Balaban J connectivity index is 5.66. The summed E-state index contributed by atoms with van der Waals surface area (Å²) in [6, 6.07) is -9.20. The summed E-state index contributed by atoms with van der Waals surface area (Å²) in [5.41, 5.74) is 16.1. The smallest absolute Gasteiger partial charge is 0.326 e. The lowest BCUT2D eigenvalue weighted by molar-refractivity contribution is -0.142. The monoisotopic (exact) mass is 946 g/mol. The first-order valence-electron chi connectivity index (χ1n) is 21.2. The van der Waals surface area contributed by atoms with E-state index in [1.807, 2.05) is 13.8 Å². The highest BCUT2D eigenvalue weighted by molar-refractivity contribution is 7.98. The maximum atomic E-state index is 13.3. The Morgan fingerprint density at radius 3 is 1.66 bits per heavy atom. The van der Waals surface area contributed by atoms with Crippen molar-refractivity contribution in [3.05, 3.63) is 0 Å². The Morgan fingerprint density at radius 2 is 1.14 bits per heavy atom. The summed E-state index contributed by atoms with van der Waals surface area (Å²) < 4.78 is 0. The standard InChI is InChI=1S/C39H70N12O13S/c1-7-21(4)32(38(62)44-18-31(56)46-25(14-20(2)3)35(59)49-24(39(63)64)11-13-65-6)51-33(57)22(5)45-30(55)17-43-34(58)23(10-8-9-12-40)48-36(60)26(15-28(42)53)50-37(61)27(19-52)47-29(54)16-41/h20-27,32,52H,7-19,40-41H2,1-6H3,(H2,42,53)(H,43,58)(H,44,62)(H,45,55)(H,46,56)(H,47,54)(H,48,60)(H,49,59)(H,50,61)(H,51,57)(H,63,64)/t21-,22-,23-,24-,25-,26-,27-,32-/m0/s1. The SMILES string of the molecule is CC[C@H](C)[C@H](NC(=O)[C@H](C)NC(=O)CNC(=O)[C@H](CCCCN)NC(=O)[C@H](CC(N)=O)NC(=O)[C@H](CO)NC(=O)CN)C(=O)NCC(=O)N[C@@H](CC(C)C)C(=O)N[C@@H](CCSC)C(=O)O. The zero-order valence-corrected chi connectivity index (χ0v) is 38.7. The number of aliphatic carboxylic acids is 1. The van der Waals surface area contributed by atoms with Gasteiger partial charge in [0.05, 0.1) is 32.7 Å². The number of primary amides is 1. The van der Waals surface area contributed by atoms with Crippen LogP contribution in [0.4, 0.5) is 0 Å². The van der Waals surface area contributed by atoms with E-state index >= 15 is 0 Å². The number of rotatable bonds is 33. The van der Waals surface area contributed by atoms with Gasteiger partial charge in [0, 0.05) is 0 Å². The van der Waals surface area contributed by atoms with Crippen LogP contribution in [0.5, 0.6) is 0 Å². The highest BCUT2D eigenvalue weighted by Crippen LogP contribution is 2.10. The summed E-state index contributed by atoms with van der Waals surface area (Å²) in [5.74, 6) is -9.85. The van der Waals surface area contributed by atoms with Gasteiger partial charge in [-0.1, -0.05) is 34.1 Å². The lowest BCUT2D eigenvalue weighted by Crippen LogP contribution is -2.59. The van der Waals surface area contributed by atoms with Crippen LogP contribution in [0, 0.1) is 11.8 Å². The Hall–Kier alpha value is -5.60. The number of aliphatic hydroxyl groups excluding tert-OH is 1. The minimum absolute atomic E-state index is 0.00144. The van der Waals surface area contributed by atoms with Gasteiger partial charge < -0.3 is 75.3 Å². The van der Waals surface area contributed by atoms with Gasteiger partial charge in [-0.05, 0) is 69.4 Å². The van der Waals surface area contributed by atoms with Gasteiger partial charge in [-0.2, -0.15) is 11.8 Å². The second-order valence-corrected chi connectivity index (χ2v) is 16.6. The highest BCUT2D eigenvalue weighted by atomic mass is 32.2. The number of carboxylic acids is 1. The molecule has 0 unspecified atom stereocenters. The average molecular weight is 947 g/mol. The number of nitrogens with two attached hydrogens (primary N) is 3. The topological polar surface area (TPSA) is 415 Å². The lowest BCUT2D eigenvalue weighted by Gasteiger charge is -2.26. The second kappa shape index (κ2) is 32.1. The van der Waals surface area contributed by atoms with Crippen LogP contribution in [0.2, 0.25) is 0 Å². The third-order valence-corrected chi connectivity index (χ3v) is 10.3. The average Bonchev–Trinajstić information content (AvgIpc) is 3.24. The fourth-order valence-electron chi connectivity index (χ4n) is 5.78. The molecule has 0 saturated heterocycles. The molecule has 10 amide bonds. The predicted molar refractivity (Wildman–Crippen MR) is 238 cm³/mol. The van der Waals surface area contributed by atoms with Gasteiger partial charge >= 0.3 is 5.97 Å². The molecule has 0 aromatic rings. The van der Waals surface area contributed by atoms with Gasteiger partial charge in [-0.3, -0.25) is 47.9 Å². The number of carbonyl (C=O) groups is 11. The lowest BCUT2D eigenvalue weighted by atomic mass is 9.98. The van der Waals surface area contributed by atoms with Crippen LogP contribution in [0.15, 0.2) is 0 Å². The summed E-state index contributed by atoms with van der Waals surface area (Å²) in [5, 5.41) is 40.6. The molecule has 17 N–H and O–H groups in total. The van der Waals surface area contributed by atoms with Crippen molar-refractivity contribution in [2.24, 2.45) is 29.0 Å². The van der Waals surface area contributed by atoms with Crippen molar-refractivity contribution in [3.8, 4) is 0 Å². The summed E-state index contributed by atoms with van der Waals surface area (Å²) in [7, 11) is 0. The maximum absolute atomic E-state index is 13.3. The third-order valence-electron chi connectivity index (χ3n) is 9.63. The molecule has 0 bridgehead atoms. The molecule has 0 aromatic heterocycles. The minimum Gasteiger partial charge on any atom is -0.480 e. The molecule has 0 saturated carbocycles. The number of hydrogen-bond acceptors (Lipinski definition) is 15. The van der Waals surface area contributed by atoms with Crippen molar-refractivity contribution in [2.45, 2.75) is 122 Å². The number of aliphatic hydroxyl groups is 1. The van der Waals surface area contributed by atoms with E-state index in [4.69, 9.17) is 17.2 Å². The van der Waals surface area contributed by atoms with Crippen LogP contribution >= 0.6 is 11.8 Å². The van der Waals surface area contributed by atoms with Gasteiger partial charge in [0.25, 0.3) is 0 Å². The van der Waals surface area contributed by atoms with Gasteiger partial charge in [0.15, 0.2) is 0 Å². The molecule has 0 aromatic carbocycles. The van der Waals surface area contributed by atoms with Crippen molar-refractivity contribution < 1.29 is 63.0 Å². The van der Waals surface area contributed by atoms with Gasteiger partial charge in [-0.15, -0.1) is 0 Å². The van der Waals surface area contributed by atoms with E-state index in [1.165, 1.54) is 18.7 Å². The second-order valence-electron chi connectivity index (χ2n) is 15.6. The summed E-state index contributed by atoms with van der Waals surface area (Å²) in [6.07, 6.45) is 2.57. The normalized spacial score (nSPS) is 14.6. The van der Waals surface area contributed by atoms with Crippen LogP contribution in [0.1, 0.15) is 79.6 Å². The highest BCUT2D eigenvalue weighted by Gasteiger charge is 2.33. The molecular formula is C39H70N12O13S. The van der Waals surface area contributed by atoms with E-state index < -0.39 is 146 Å². The van der Waals surface area contributed by atoms with Crippen LogP contribution in [-0.4, -0.2) is 162 Å². The van der Waals surface area contributed by atoms with Crippen molar-refractivity contribution in [1.29, 1.82) is 0 Å². The Morgan fingerprint density at radius 1 is 0.600 bits per heavy atom. The van der Waals surface area contributed by atoms with Crippen LogP contribution < -0.4 is 65.1 Å². The predicted octanol–water partition coefficient (Wildman–Crippen LogP) is -5.48. The molecule has 0 fully saturated rings. The van der Waals surface area contributed by atoms with Crippen molar-refractivity contribution in [1.82, 2.24) is 47.9 Å². The first-order valence-corrected chi connectivity index (χ1v) is 22.6. The van der Waals surface area contributed by atoms with E-state index in [9.17, 15) is 63.0 Å². The van der Waals surface area contributed by atoms with E-state index in [-0.39, 0.29) is 31.7 Å². The molecule has 0 aliphatic carbocycles. The van der Waals surface area contributed by atoms with Crippen LogP contribution in [-0.2, 0) is 52.7 Å². The number of carboxylic acid groups (broad SMARTS) is 1. The van der Waals surface area contributed by atoms with Gasteiger partial charge in [-0.25, -0.2) is 4.79 Å². The molecular weight excluding hydrogens is 877 g/mol. The molecule has 370 valence electrons. The van der Waals surface area contributed by atoms with Crippen molar-refractivity contribution in [3.63, 3.8) is 0 Å². The zero-order chi connectivity index (χ0) is 49.8. The first kappa shape index (κ1) is 59.4. The Labute approximate surface area is 382 Å². The van der Waals surface area contributed by atoms with E-state index in [2.05, 4.69) is 47.9 Å². The maximum Gasteiger partial charge on any atom is 0.326 e. The largest absolute Gasteiger partial charge is 0.480 e. The number of amides is 10. The minimum atomic E-state index is -1.65. The molecule has 26 heteroatoms. The zero-order valence-electron chi connectivity index (χ0n) is 37.9. The van der Waals surface area contributed by atoms with Crippen molar-refractivity contribution in [2.75, 3.05) is 44.8 Å². The molecule has 25 nitrogen and oxygen atoms in total. The molecule has 0 heterocycles. The van der Waals surface area contributed by atoms with E-state index in [1.54, 1.807) is 20.1 Å². The summed E-state index contributed by atoms with van der Waals surface area (Å²) >= 11 is 1.41. The molecule has 8 atom stereocenters. The quantitative estimate of drug-likeness (QED) is 0.0273. The summed E-state index contributed by atoms with van der Waals surface area (Å²) in [6.45, 7) is 5.94. The van der Waals surface area contributed by atoms with E-state index in [0.717, 1.165) is 0 Å². The molecule has 0 aliphatic heterocycles. The van der Waals surface area contributed by atoms with E-state index in [0.29, 0.717) is 25.0 Å². The number of carbonyl (C=O) groups excluding carboxylic acids is 10. The Kier molecular flexibility index (Phi) is 29.4. The van der Waals surface area contributed by atoms with Crippen LogP contribution in [0.3, 0.4) is 0 Å². The molecule has 65 heavy (non-hydrogen) atoms. The van der Waals surface area contributed by atoms with Crippen LogP contribution in [0.25, 0.3) is 0 Å². The number of hydrogen-bond donors (Lipinski definition) is 14.